The van der Waals surface area contributed by atoms with Gasteiger partial charge >= 0.3 is 0 Å². The number of phenols is 1. The van der Waals surface area contributed by atoms with Crippen molar-refractivity contribution in [2.24, 2.45) is 0 Å². The Labute approximate surface area is 108 Å². The lowest BCUT2D eigenvalue weighted by Gasteiger charge is -2.18. The molecule has 0 radical (unpaired) electrons. The van der Waals surface area contributed by atoms with Crippen LogP contribution in [0.1, 0.15) is 23.7 Å². The number of hydrogen-bond acceptors (Lipinski definition) is 2. The fourth-order valence-electron chi connectivity index (χ4n) is 1.39. The van der Waals surface area contributed by atoms with Gasteiger partial charge in [0.05, 0.1) is 0 Å². The zero-order valence-electron chi connectivity index (χ0n) is 9.78. The molecule has 1 N–H and O–H groups in total. The first-order valence-corrected chi connectivity index (χ1v) is 6.22. The molecule has 0 aromatic heterocycles. The van der Waals surface area contributed by atoms with Crippen LogP contribution in [0.5, 0.6) is 5.75 Å². The number of alkyl halides is 1. The van der Waals surface area contributed by atoms with Crippen LogP contribution in [0.3, 0.4) is 0 Å². The smallest absolute Gasteiger partial charge is 0.260 e. The van der Waals surface area contributed by atoms with Crippen molar-refractivity contribution in [2.75, 3.05) is 13.6 Å². The SMILES string of the molecule is CC(Br)CCN(C)C(=O)c1c(O)cccc1F. The maximum absolute atomic E-state index is 13.4. The summed E-state index contributed by atoms with van der Waals surface area (Å²) in [6.07, 6.45) is 0.761. The molecule has 0 fully saturated rings. The molecule has 94 valence electrons. The first-order valence-electron chi connectivity index (χ1n) is 5.30. The van der Waals surface area contributed by atoms with Crippen molar-refractivity contribution in [1.29, 1.82) is 0 Å². The molecule has 0 aliphatic rings. The summed E-state index contributed by atoms with van der Waals surface area (Å²) in [4.78, 5) is 13.6. The Morgan fingerprint density at radius 3 is 2.76 bits per heavy atom. The summed E-state index contributed by atoms with van der Waals surface area (Å²) in [5.41, 5.74) is -0.266. The number of nitrogens with zero attached hydrogens (tertiary/aromatic N) is 1. The van der Waals surface area contributed by atoms with E-state index in [0.717, 1.165) is 12.5 Å². The lowest BCUT2D eigenvalue weighted by Crippen LogP contribution is -2.29. The quantitative estimate of drug-likeness (QED) is 0.869. The lowest BCUT2D eigenvalue weighted by molar-refractivity contribution is 0.0786. The van der Waals surface area contributed by atoms with Gasteiger partial charge in [0.25, 0.3) is 5.91 Å². The van der Waals surface area contributed by atoms with Gasteiger partial charge in [0, 0.05) is 18.4 Å². The van der Waals surface area contributed by atoms with E-state index >= 15 is 0 Å². The Hall–Kier alpha value is -1.10. The second-order valence-corrected chi connectivity index (χ2v) is 5.49. The van der Waals surface area contributed by atoms with Crippen molar-refractivity contribution in [3.05, 3.63) is 29.6 Å². The van der Waals surface area contributed by atoms with Crippen molar-refractivity contribution >= 4 is 21.8 Å². The first kappa shape index (κ1) is 14.0. The van der Waals surface area contributed by atoms with E-state index in [1.165, 1.54) is 17.0 Å². The fourth-order valence-corrected chi connectivity index (χ4v) is 1.59. The van der Waals surface area contributed by atoms with Gasteiger partial charge in [-0.15, -0.1) is 0 Å². The van der Waals surface area contributed by atoms with Gasteiger partial charge in [-0.3, -0.25) is 4.79 Å². The summed E-state index contributed by atoms with van der Waals surface area (Å²) in [7, 11) is 1.59. The summed E-state index contributed by atoms with van der Waals surface area (Å²) < 4.78 is 13.4. The topological polar surface area (TPSA) is 40.5 Å². The van der Waals surface area contributed by atoms with E-state index in [-0.39, 0.29) is 16.1 Å². The summed E-state index contributed by atoms with van der Waals surface area (Å²) in [6, 6.07) is 3.83. The van der Waals surface area contributed by atoms with E-state index in [1.807, 2.05) is 6.92 Å². The molecule has 0 aliphatic carbocycles. The average Bonchev–Trinajstić information content (AvgIpc) is 2.25. The van der Waals surface area contributed by atoms with Gasteiger partial charge in [-0.25, -0.2) is 4.39 Å². The van der Waals surface area contributed by atoms with Crippen LogP contribution >= 0.6 is 15.9 Å². The number of aromatic hydroxyl groups is 1. The Bertz CT molecular complexity index is 389. The third-order valence-electron chi connectivity index (χ3n) is 2.41. The molecule has 5 heteroatoms. The number of halogens is 2. The monoisotopic (exact) mass is 303 g/mol. The van der Waals surface area contributed by atoms with Crippen molar-refractivity contribution in [3.8, 4) is 5.75 Å². The highest BCUT2D eigenvalue weighted by Gasteiger charge is 2.20. The van der Waals surface area contributed by atoms with Crippen LogP contribution in [0.25, 0.3) is 0 Å². The molecule has 1 aromatic carbocycles. The number of amides is 1. The van der Waals surface area contributed by atoms with E-state index in [9.17, 15) is 14.3 Å². The molecular weight excluding hydrogens is 289 g/mol. The van der Waals surface area contributed by atoms with Crippen molar-refractivity contribution in [2.45, 2.75) is 18.2 Å². The number of phenolic OH excluding ortho intramolecular Hbond substituents is 1. The summed E-state index contributed by atoms with van der Waals surface area (Å²) in [6.45, 7) is 2.47. The minimum absolute atomic E-state index is 0.266. The predicted molar refractivity (Wildman–Crippen MR) is 68.0 cm³/mol. The fraction of sp³-hybridized carbons (Fsp3) is 0.417. The average molecular weight is 304 g/mol. The standard InChI is InChI=1S/C12H15BrFNO2/c1-8(13)6-7-15(2)12(17)11-9(14)4-3-5-10(11)16/h3-5,8,16H,6-7H2,1-2H3. The second-order valence-electron chi connectivity index (χ2n) is 3.93. The predicted octanol–water partition coefficient (Wildman–Crippen LogP) is 2.78. The first-order chi connectivity index (χ1) is 7.93. The number of carbonyl (C=O) groups is 1. The Balaban J connectivity index is 2.82. The molecule has 1 unspecified atom stereocenters. The van der Waals surface area contributed by atoms with Crippen molar-refractivity contribution in [1.82, 2.24) is 4.90 Å². The molecular formula is C12H15BrFNO2. The highest BCUT2D eigenvalue weighted by molar-refractivity contribution is 9.09. The Morgan fingerprint density at radius 1 is 1.59 bits per heavy atom. The number of carbonyl (C=O) groups excluding carboxylic acids is 1. The molecule has 0 heterocycles. The van der Waals surface area contributed by atoms with Crippen LogP contribution in [0.2, 0.25) is 0 Å². The molecule has 0 aliphatic heterocycles. The van der Waals surface area contributed by atoms with Crippen molar-refractivity contribution < 1.29 is 14.3 Å². The van der Waals surface area contributed by atoms with Crippen LogP contribution < -0.4 is 0 Å². The van der Waals surface area contributed by atoms with Gasteiger partial charge in [0.2, 0.25) is 0 Å². The van der Waals surface area contributed by atoms with Crippen molar-refractivity contribution in [3.63, 3.8) is 0 Å². The summed E-state index contributed by atoms with van der Waals surface area (Å²) in [5.74, 6) is -1.53. The van der Waals surface area contributed by atoms with Crippen LogP contribution in [0.4, 0.5) is 4.39 Å². The third-order valence-corrected chi connectivity index (χ3v) is 2.87. The van der Waals surface area contributed by atoms with E-state index in [1.54, 1.807) is 7.05 Å². The zero-order chi connectivity index (χ0) is 13.0. The number of benzene rings is 1. The van der Waals surface area contributed by atoms with E-state index < -0.39 is 11.7 Å². The van der Waals surface area contributed by atoms with Gasteiger partial charge < -0.3 is 10.0 Å². The van der Waals surface area contributed by atoms with Gasteiger partial charge in [-0.05, 0) is 18.6 Å². The minimum Gasteiger partial charge on any atom is -0.507 e. The second kappa shape index (κ2) is 6.00. The maximum Gasteiger partial charge on any atom is 0.260 e. The maximum atomic E-state index is 13.4. The Morgan fingerprint density at radius 2 is 2.24 bits per heavy atom. The van der Waals surface area contributed by atoms with Crippen LogP contribution in [-0.4, -0.2) is 34.3 Å². The van der Waals surface area contributed by atoms with Gasteiger partial charge in [-0.2, -0.15) is 0 Å². The molecule has 0 bridgehead atoms. The molecule has 17 heavy (non-hydrogen) atoms. The van der Waals surface area contributed by atoms with E-state index in [2.05, 4.69) is 15.9 Å². The molecule has 1 amide bonds. The molecule has 0 spiro atoms. The molecule has 1 rings (SSSR count). The number of hydrogen-bond donors (Lipinski definition) is 1. The lowest BCUT2D eigenvalue weighted by atomic mass is 10.1. The van der Waals surface area contributed by atoms with Crippen LogP contribution in [0.15, 0.2) is 18.2 Å². The summed E-state index contributed by atoms with van der Waals surface area (Å²) in [5, 5.41) is 9.49. The largest absolute Gasteiger partial charge is 0.507 e. The molecule has 1 aromatic rings. The third kappa shape index (κ3) is 3.70. The molecule has 1 atom stereocenters. The van der Waals surface area contributed by atoms with E-state index in [0.29, 0.717) is 6.54 Å². The van der Waals surface area contributed by atoms with E-state index in [4.69, 9.17) is 0 Å². The molecule has 3 nitrogen and oxygen atoms in total. The normalized spacial score (nSPS) is 12.2. The number of rotatable bonds is 4. The molecule has 0 saturated heterocycles. The Kier molecular flexibility index (Phi) is 4.93. The highest BCUT2D eigenvalue weighted by atomic mass is 79.9. The van der Waals surface area contributed by atoms with Gasteiger partial charge in [-0.1, -0.05) is 28.9 Å². The highest BCUT2D eigenvalue weighted by Crippen LogP contribution is 2.21. The zero-order valence-corrected chi connectivity index (χ0v) is 11.4. The van der Waals surface area contributed by atoms with Crippen LogP contribution in [-0.2, 0) is 0 Å². The van der Waals surface area contributed by atoms with Gasteiger partial charge in [0.15, 0.2) is 0 Å². The van der Waals surface area contributed by atoms with Gasteiger partial charge in [0.1, 0.15) is 17.1 Å². The summed E-state index contributed by atoms with van der Waals surface area (Å²) >= 11 is 3.38. The van der Waals surface area contributed by atoms with Crippen LogP contribution in [0, 0.1) is 5.82 Å². The molecule has 0 saturated carbocycles. The minimum atomic E-state index is -0.700.